The first-order valence-corrected chi connectivity index (χ1v) is 5.94. The Hall–Kier alpha value is -1.87. The molecule has 94 valence electrons. The van der Waals surface area contributed by atoms with Gasteiger partial charge in [0.1, 0.15) is 0 Å². The molecule has 3 nitrogen and oxygen atoms in total. The molecule has 0 saturated carbocycles. The summed E-state index contributed by atoms with van der Waals surface area (Å²) in [6, 6.07) is 11.8. The standard InChI is InChI=1S/C15H17NO2/c1-10-7-8-13(14(16)9-15(17)18-2)12-6-4-3-5-11(10)12/h3-8,14H,9,16H2,1-2H3/t14-/m1/s1. The van der Waals surface area contributed by atoms with Crippen LogP contribution in [0.3, 0.4) is 0 Å². The van der Waals surface area contributed by atoms with E-state index in [2.05, 4.69) is 17.7 Å². The van der Waals surface area contributed by atoms with E-state index in [4.69, 9.17) is 5.73 Å². The highest BCUT2D eigenvalue weighted by Gasteiger charge is 2.14. The van der Waals surface area contributed by atoms with Crippen LogP contribution in [-0.4, -0.2) is 13.1 Å². The van der Waals surface area contributed by atoms with Gasteiger partial charge in [-0.15, -0.1) is 0 Å². The molecule has 1 atom stereocenters. The monoisotopic (exact) mass is 243 g/mol. The van der Waals surface area contributed by atoms with E-state index < -0.39 is 0 Å². The Kier molecular flexibility index (Phi) is 3.63. The van der Waals surface area contributed by atoms with Crippen LogP contribution in [0.25, 0.3) is 10.8 Å². The number of esters is 1. The van der Waals surface area contributed by atoms with E-state index in [1.165, 1.54) is 18.1 Å². The predicted octanol–water partition coefficient (Wildman–Crippen LogP) is 2.71. The van der Waals surface area contributed by atoms with Gasteiger partial charge in [0, 0.05) is 6.04 Å². The van der Waals surface area contributed by atoms with Crippen LogP contribution in [0.1, 0.15) is 23.6 Å². The van der Waals surface area contributed by atoms with Gasteiger partial charge < -0.3 is 10.5 Å². The molecule has 0 unspecified atom stereocenters. The Morgan fingerprint density at radius 1 is 1.22 bits per heavy atom. The topological polar surface area (TPSA) is 52.3 Å². The Labute approximate surface area is 107 Å². The number of hydrogen-bond donors (Lipinski definition) is 1. The maximum absolute atomic E-state index is 11.3. The fourth-order valence-corrected chi connectivity index (χ4v) is 2.17. The number of benzene rings is 2. The molecule has 2 aromatic rings. The van der Waals surface area contributed by atoms with E-state index in [-0.39, 0.29) is 18.4 Å². The highest BCUT2D eigenvalue weighted by molar-refractivity contribution is 5.89. The zero-order valence-corrected chi connectivity index (χ0v) is 10.6. The first kappa shape index (κ1) is 12.6. The minimum Gasteiger partial charge on any atom is -0.469 e. The summed E-state index contributed by atoms with van der Waals surface area (Å²) in [7, 11) is 1.38. The first-order valence-electron chi connectivity index (χ1n) is 5.94. The van der Waals surface area contributed by atoms with Crippen molar-refractivity contribution in [1.82, 2.24) is 0 Å². The van der Waals surface area contributed by atoms with Crippen molar-refractivity contribution >= 4 is 16.7 Å². The summed E-state index contributed by atoms with van der Waals surface area (Å²) >= 11 is 0. The van der Waals surface area contributed by atoms with E-state index in [0.717, 1.165) is 10.9 Å². The lowest BCUT2D eigenvalue weighted by atomic mass is 9.95. The fourth-order valence-electron chi connectivity index (χ4n) is 2.17. The van der Waals surface area contributed by atoms with Gasteiger partial charge in [-0.2, -0.15) is 0 Å². The predicted molar refractivity (Wildman–Crippen MR) is 72.2 cm³/mol. The number of nitrogens with two attached hydrogens (primary N) is 1. The number of carbonyl (C=O) groups excluding carboxylic acids is 1. The number of ether oxygens (including phenoxy) is 1. The Morgan fingerprint density at radius 3 is 2.56 bits per heavy atom. The maximum Gasteiger partial charge on any atom is 0.307 e. The van der Waals surface area contributed by atoms with Crippen LogP contribution in [0.5, 0.6) is 0 Å². The zero-order valence-electron chi connectivity index (χ0n) is 10.6. The lowest BCUT2D eigenvalue weighted by Gasteiger charge is -2.14. The van der Waals surface area contributed by atoms with Gasteiger partial charge in [-0.1, -0.05) is 36.4 Å². The zero-order chi connectivity index (χ0) is 13.1. The van der Waals surface area contributed by atoms with Crippen LogP contribution in [0.15, 0.2) is 36.4 Å². The second-order valence-electron chi connectivity index (χ2n) is 4.40. The third-order valence-electron chi connectivity index (χ3n) is 3.19. The van der Waals surface area contributed by atoms with E-state index in [1.807, 2.05) is 30.3 Å². The molecule has 0 amide bonds. The van der Waals surface area contributed by atoms with Crippen molar-refractivity contribution < 1.29 is 9.53 Å². The van der Waals surface area contributed by atoms with Crippen molar-refractivity contribution in [2.45, 2.75) is 19.4 Å². The van der Waals surface area contributed by atoms with E-state index in [9.17, 15) is 4.79 Å². The molecule has 0 aromatic heterocycles. The number of aryl methyl sites for hydroxylation is 1. The number of carbonyl (C=O) groups is 1. The van der Waals surface area contributed by atoms with Gasteiger partial charge in [-0.05, 0) is 28.8 Å². The van der Waals surface area contributed by atoms with Crippen molar-refractivity contribution in [2.75, 3.05) is 7.11 Å². The van der Waals surface area contributed by atoms with Crippen molar-refractivity contribution in [3.8, 4) is 0 Å². The third kappa shape index (κ3) is 2.36. The normalized spacial score (nSPS) is 12.4. The molecule has 0 spiro atoms. The summed E-state index contributed by atoms with van der Waals surface area (Å²) in [4.78, 5) is 11.3. The van der Waals surface area contributed by atoms with E-state index in [0.29, 0.717) is 0 Å². The molecule has 0 fully saturated rings. The van der Waals surface area contributed by atoms with Crippen LogP contribution >= 0.6 is 0 Å². The fraction of sp³-hybridized carbons (Fsp3) is 0.267. The van der Waals surface area contributed by atoms with Crippen molar-refractivity contribution in [3.63, 3.8) is 0 Å². The molecule has 0 heterocycles. The second-order valence-corrected chi connectivity index (χ2v) is 4.40. The molecular formula is C15H17NO2. The molecule has 0 aliphatic heterocycles. The average molecular weight is 243 g/mol. The summed E-state index contributed by atoms with van der Waals surface area (Å²) in [6.45, 7) is 2.07. The van der Waals surface area contributed by atoms with Crippen LogP contribution in [0.2, 0.25) is 0 Å². The van der Waals surface area contributed by atoms with Crippen molar-refractivity contribution in [2.24, 2.45) is 5.73 Å². The molecule has 2 aromatic carbocycles. The van der Waals surface area contributed by atoms with E-state index in [1.54, 1.807) is 0 Å². The van der Waals surface area contributed by atoms with Crippen LogP contribution in [0.4, 0.5) is 0 Å². The maximum atomic E-state index is 11.3. The minimum atomic E-state index is -0.331. The summed E-state index contributed by atoms with van der Waals surface area (Å²) in [5, 5.41) is 2.28. The lowest BCUT2D eigenvalue weighted by molar-refractivity contribution is -0.141. The molecule has 0 aliphatic rings. The van der Waals surface area contributed by atoms with Gasteiger partial charge in [0.05, 0.1) is 13.5 Å². The highest BCUT2D eigenvalue weighted by Crippen LogP contribution is 2.27. The quantitative estimate of drug-likeness (QED) is 0.843. The smallest absolute Gasteiger partial charge is 0.307 e. The minimum absolute atomic E-state index is 0.198. The average Bonchev–Trinajstić information content (AvgIpc) is 2.39. The molecular weight excluding hydrogens is 226 g/mol. The molecule has 2 N–H and O–H groups in total. The first-order chi connectivity index (χ1) is 8.63. The Bertz CT molecular complexity index is 578. The van der Waals surface area contributed by atoms with Crippen LogP contribution in [-0.2, 0) is 9.53 Å². The Morgan fingerprint density at radius 2 is 1.89 bits per heavy atom. The molecule has 0 aliphatic carbocycles. The van der Waals surface area contributed by atoms with Gasteiger partial charge >= 0.3 is 5.97 Å². The van der Waals surface area contributed by atoms with Gasteiger partial charge in [-0.25, -0.2) is 0 Å². The SMILES string of the molecule is COC(=O)C[C@@H](N)c1ccc(C)c2ccccc12. The largest absolute Gasteiger partial charge is 0.469 e. The van der Waals surface area contributed by atoms with Gasteiger partial charge in [0.25, 0.3) is 0 Å². The summed E-state index contributed by atoms with van der Waals surface area (Å²) in [6.07, 6.45) is 0.198. The number of fused-ring (bicyclic) bond motifs is 1. The van der Waals surface area contributed by atoms with Gasteiger partial charge in [-0.3, -0.25) is 4.79 Å². The molecule has 3 heteroatoms. The number of rotatable bonds is 3. The molecule has 0 radical (unpaired) electrons. The number of hydrogen-bond acceptors (Lipinski definition) is 3. The summed E-state index contributed by atoms with van der Waals surface area (Å²) < 4.78 is 4.66. The summed E-state index contributed by atoms with van der Waals surface area (Å²) in [5.41, 5.74) is 8.28. The highest BCUT2D eigenvalue weighted by atomic mass is 16.5. The molecule has 2 rings (SSSR count). The Balaban J connectivity index is 2.45. The van der Waals surface area contributed by atoms with Gasteiger partial charge in [0.15, 0.2) is 0 Å². The number of methoxy groups -OCH3 is 1. The van der Waals surface area contributed by atoms with Gasteiger partial charge in [0.2, 0.25) is 0 Å². The van der Waals surface area contributed by atoms with Crippen LogP contribution < -0.4 is 5.73 Å². The molecule has 0 bridgehead atoms. The summed E-state index contributed by atoms with van der Waals surface area (Å²) in [5.74, 6) is -0.285. The second kappa shape index (κ2) is 5.19. The van der Waals surface area contributed by atoms with Crippen molar-refractivity contribution in [1.29, 1.82) is 0 Å². The van der Waals surface area contributed by atoms with Crippen molar-refractivity contribution in [3.05, 3.63) is 47.5 Å². The van der Waals surface area contributed by atoms with E-state index >= 15 is 0 Å². The molecule has 0 saturated heterocycles. The molecule has 18 heavy (non-hydrogen) atoms. The lowest BCUT2D eigenvalue weighted by Crippen LogP contribution is -2.16. The third-order valence-corrected chi connectivity index (χ3v) is 3.19. The van der Waals surface area contributed by atoms with Crippen LogP contribution in [0, 0.1) is 6.92 Å².